The number of hydrogen-bond donors (Lipinski definition) is 3. The monoisotopic (exact) mass is 205 g/mol. The summed E-state index contributed by atoms with van der Waals surface area (Å²) in [4.78, 5) is 29.2. The van der Waals surface area contributed by atoms with Crippen LogP contribution in [0.5, 0.6) is 0 Å². The summed E-state index contributed by atoms with van der Waals surface area (Å²) in [6.07, 6.45) is 0.531. The average molecular weight is 205 g/mol. The Kier molecular flexibility index (Phi) is 10.1. The van der Waals surface area contributed by atoms with E-state index < -0.39 is 11.9 Å². The lowest BCUT2D eigenvalue weighted by Gasteiger charge is -1.89. The van der Waals surface area contributed by atoms with Crippen molar-refractivity contribution in [2.45, 2.75) is 32.6 Å². The van der Waals surface area contributed by atoms with Crippen LogP contribution in [0.3, 0.4) is 0 Å². The quantitative estimate of drug-likeness (QED) is 0.592. The molecule has 0 radical (unpaired) electrons. The number of carboxylic acid groups (broad SMARTS) is 2. The van der Waals surface area contributed by atoms with Gasteiger partial charge >= 0.3 is 11.9 Å². The minimum atomic E-state index is -0.948. The van der Waals surface area contributed by atoms with Gasteiger partial charge in [-0.05, 0) is 6.42 Å². The molecule has 0 saturated carbocycles. The summed E-state index contributed by atoms with van der Waals surface area (Å²) < 4.78 is 0. The zero-order chi connectivity index (χ0) is 11.6. The van der Waals surface area contributed by atoms with Crippen molar-refractivity contribution >= 4 is 17.8 Å². The van der Waals surface area contributed by atoms with Crippen molar-refractivity contribution in [1.82, 2.24) is 0 Å². The Morgan fingerprint density at radius 3 is 1.50 bits per heavy atom. The standard InChI is InChI=1S/C5H8O4.C3H7NO/c6-4(7)2-1-3-5(8)9;1-2-3(4)5/h1-3H2,(H,6,7)(H,8,9);2H2,1H3,(H2,4,5). The van der Waals surface area contributed by atoms with Crippen molar-refractivity contribution in [3.63, 3.8) is 0 Å². The molecule has 0 aromatic rings. The summed E-state index contributed by atoms with van der Waals surface area (Å²) in [7, 11) is 0. The van der Waals surface area contributed by atoms with Crippen LogP contribution in [-0.4, -0.2) is 28.1 Å². The molecule has 0 aliphatic heterocycles. The highest BCUT2D eigenvalue weighted by molar-refractivity contribution is 5.73. The van der Waals surface area contributed by atoms with E-state index in [1.54, 1.807) is 6.92 Å². The van der Waals surface area contributed by atoms with Gasteiger partial charge in [0.1, 0.15) is 0 Å². The molecule has 6 heteroatoms. The minimum Gasteiger partial charge on any atom is -0.481 e. The molecular formula is C8H15NO5. The van der Waals surface area contributed by atoms with Gasteiger partial charge in [0.05, 0.1) is 0 Å². The molecule has 0 aromatic carbocycles. The first kappa shape index (κ1) is 14.9. The summed E-state index contributed by atoms with van der Waals surface area (Å²) in [6, 6.07) is 0. The summed E-state index contributed by atoms with van der Waals surface area (Å²) in [6.45, 7) is 1.72. The molecule has 0 aliphatic carbocycles. The minimum absolute atomic E-state index is 0.0632. The molecule has 6 nitrogen and oxygen atoms in total. The smallest absolute Gasteiger partial charge is 0.303 e. The Balaban J connectivity index is 0. The summed E-state index contributed by atoms with van der Waals surface area (Å²) >= 11 is 0. The molecule has 82 valence electrons. The summed E-state index contributed by atoms with van der Waals surface area (Å²) in [5.74, 6) is -2.14. The normalized spacial score (nSPS) is 8.36. The molecule has 0 aromatic heterocycles. The molecule has 0 atom stereocenters. The predicted octanol–water partition coefficient (Wildman–Crippen LogP) is 0.208. The first-order chi connectivity index (χ1) is 6.40. The van der Waals surface area contributed by atoms with Crippen LogP contribution >= 0.6 is 0 Å². The van der Waals surface area contributed by atoms with Crippen LogP contribution in [0.15, 0.2) is 0 Å². The number of aliphatic carboxylic acids is 2. The number of carboxylic acids is 2. The lowest BCUT2D eigenvalue weighted by atomic mass is 10.2. The van der Waals surface area contributed by atoms with Crippen LogP contribution in [-0.2, 0) is 14.4 Å². The predicted molar refractivity (Wildman–Crippen MR) is 48.6 cm³/mol. The molecule has 0 heterocycles. The zero-order valence-corrected chi connectivity index (χ0v) is 8.02. The van der Waals surface area contributed by atoms with Crippen LogP contribution in [0.4, 0.5) is 0 Å². The van der Waals surface area contributed by atoms with Crippen molar-refractivity contribution in [2.24, 2.45) is 5.73 Å². The summed E-state index contributed by atoms with van der Waals surface area (Å²) in [5.41, 5.74) is 4.65. The second-order valence-corrected chi connectivity index (χ2v) is 2.46. The SMILES string of the molecule is CCC(N)=O.O=C(O)CCCC(=O)O. The van der Waals surface area contributed by atoms with Crippen molar-refractivity contribution < 1.29 is 24.6 Å². The second-order valence-electron chi connectivity index (χ2n) is 2.46. The maximum atomic E-state index is 9.79. The maximum Gasteiger partial charge on any atom is 0.303 e. The van der Waals surface area contributed by atoms with Gasteiger partial charge in [0.25, 0.3) is 0 Å². The Morgan fingerprint density at radius 1 is 1.07 bits per heavy atom. The largest absolute Gasteiger partial charge is 0.481 e. The number of carbonyl (C=O) groups excluding carboxylic acids is 1. The molecule has 0 rings (SSSR count). The average Bonchev–Trinajstić information content (AvgIpc) is 2.04. The lowest BCUT2D eigenvalue weighted by molar-refractivity contribution is -0.138. The third kappa shape index (κ3) is 22.4. The Morgan fingerprint density at radius 2 is 1.36 bits per heavy atom. The van der Waals surface area contributed by atoms with E-state index in [1.807, 2.05) is 0 Å². The Labute approximate surface area is 81.7 Å². The topological polar surface area (TPSA) is 118 Å². The van der Waals surface area contributed by atoms with Gasteiger partial charge < -0.3 is 15.9 Å². The molecular weight excluding hydrogens is 190 g/mol. The molecule has 0 aliphatic rings. The van der Waals surface area contributed by atoms with E-state index >= 15 is 0 Å². The van der Waals surface area contributed by atoms with E-state index in [9.17, 15) is 14.4 Å². The number of amides is 1. The van der Waals surface area contributed by atoms with Gasteiger partial charge in [-0.3, -0.25) is 14.4 Å². The first-order valence-corrected chi connectivity index (χ1v) is 4.12. The molecule has 1 amide bonds. The highest BCUT2D eigenvalue weighted by Gasteiger charge is 1.99. The van der Waals surface area contributed by atoms with E-state index in [4.69, 9.17) is 10.2 Å². The van der Waals surface area contributed by atoms with Gasteiger partial charge in [0, 0.05) is 19.3 Å². The van der Waals surface area contributed by atoms with Gasteiger partial charge in [0.2, 0.25) is 5.91 Å². The molecule has 0 spiro atoms. The maximum absolute atomic E-state index is 9.79. The van der Waals surface area contributed by atoms with Crippen molar-refractivity contribution in [1.29, 1.82) is 0 Å². The van der Waals surface area contributed by atoms with E-state index in [2.05, 4.69) is 5.73 Å². The Hall–Kier alpha value is -1.59. The van der Waals surface area contributed by atoms with Crippen molar-refractivity contribution in [3.05, 3.63) is 0 Å². The van der Waals surface area contributed by atoms with Crippen LogP contribution in [0, 0.1) is 0 Å². The van der Waals surface area contributed by atoms with E-state index in [0.29, 0.717) is 6.42 Å². The van der Waals surface area contributed by atoms with Gasteiger partial charge in [-0.15, -0.1) is 0 Å². The summed E-state index contributed by atoms with van der Waals surface area (Å²) in [5, 5.41) is 16.1. The van der Waals surface area contributed by atoms with Crippen LogP contribution < -0.4 is 5.73 Å². The van der Waals surface area contributed by atoms with Gasteiger partial charge in [0.15, 0.2) is 0 Å². The second kappa shape index (κ2) is 9.50. The number of hydrogen-bond acceptors (Lipinski definition) is 3. The number of primary amides is 1. The highest BCUT2D eigenvalue weighted by Crippen LogP contribution is 1.93. The molecule has 0 bridgehead atoms. The molecule has 0 saturated heterocycles. The third-order valence-electron chi connectivity index (χ3n) is 1.13. The van der Waals surface area contributed by atoms with Gasteiger partial charge in [-0.1, -0.05) is 6.92 Å². The fourth-order valence-corrected chi connectivity index (χ4v) is 0.391. The first-order valence-electron chi connectivity index (χ1n) is 4.12. The molecule has 0 unspecified atom stereocenters. The Bertz CT molecular complexity index is 188. The number of rotatable bonds is 5. The van der Waals surface area contributed by atoms with Crippen LogP contribution in [0.1, 0.15) is 32.6 Å². The fourth-order valence-electron chi connectivity index (χ4n) is 0.391. The van der Waals surface area contributed by atoms with Crippen LogP contribution in [0.2, 0.25) is 0 Å². The van der Waals surface area contributed by atoms with E-state index in [1.165, 1.54) is 0 Å². The van der Waals surface area contributed by atoms with Crippen LogP contribution in [0.25, 0.3) is 0 Å². The van der Waals surface area contributed by atoms with Gasteiger partial charge in [-0.2, -0.15) is 0 Å². The van der Waals surface area contributed by atoms with E-state index in [-0.39, 0.29) is 25.2 Å². The fraction of sp³-hybridized carbons (Fsp3) is 0.625. The third-order valence-corrected chi connectivity index (χ3v) is 1.13. The van der Waals surface area contributed by atoms with E-state index in [0.717, 1.165) is 0 Å². The van der Waals surface area contributed by atoms with Gasteiger partial charge in [-0.25, -0.2) is 0 Å². The lowest BCUT2D eigenvalue weighted by Crippen LogP contribution is -2.06. The molecule has 4 N–H and O–H groups in total. The number of carbonyl (C=O) groups is 3. The number of nitrogens with two attached hydrogens (primary N) is 1. The molecule has 0 fully saturated rings. The van der Waals surface area contributed by atoms with Crippen molar-refractivity contribution in [3.8, 4) is 0 Å². The highest BCUT2D eigenvalue weighted by atomic mass is 16.4. The zero-order valence-electron chi connectivity index (χ0n) is 8.02. The van der Waals surface area contributed by atoms with Crippen molar-refractivity contribution in [2.75, 3.05) is 0 Å². The molecule has 14 heavy (non-hydrogen) atoms.